The maximum atomic E-state index is 12.5. The van der Waals surface area contributed by atoms with E-state index in [1.807, 2.05) is 4.90 Å². The molecular weight excluding hydrogens is 256 g/mol. The van der Waals surface area contributed by atoms with Crippen molar-refractivity contribution in [1.29, 1.82) is 0 Å². The lowest BCUT2D eigenvalue weighted by Gasteiger charge is -2.35. The molecule has 1 aromatic heterocycles. The van der Waals surface area contributed by atoms with Crippen LogP contribution in [0.3, 0.4) is 0 Å². The first-order valence-electron chi connectivity index (χ1n) is 7.02. The van der Waals surface area contributed by atoms with Crippen molar-refractivity contribution in [2.45, 2.75) is 38.6 Å². The van der Waals surface area contributed by atoms with Crippen LogP contribution in [0.5, 0.6) is 0 Å². The molecule has 5 heteroatoms. The Morgan fingerprint density at radius 1 is 1.40 bits per heavy atom. The van der Waals surface area contributed by atoms with Gasteiger partial charge in [0.15, 0.2) is 0 Å². The third-order valence-electron chi connectivity index (χ3n) is 3.76. The monoisotopic (exact) mass is 276 g/mol. The lowest BCUT2D eigenvalue weighted by atomic mass is 9.99. The van der Waals surface area contributed by atoms with Gasteiger partial charge in [-0.1, -0.05) is 6.92 Å². The van der Waals surface area contributed by atoms with Gasteiger partial charge in [0.1, 0.15) is 5.69 Å². The van der Waals surface area contributed by atoms with E-state index in [-0.39, 0.29) is 5.91 Å². The summed E-state index contributed by atoms with van der Waals surface area (Å²) in [6.45, 7) is 2.89. The summed E-state index contributed by atoms with van der Waals surface area (Å²) in [6.07, 6.45) is 5.64. The molecule has 0 N–H and O–H groups in total. The zero-order valence-electron chi connectivity index (χ0n) is 12.0. The molecule has 1 fully saturated rings. The second-order valence-electron chi connectivity index (χ2n) is 4.98. The van der Waals surface area contributed by atoms with Crippen LogP contribution in [-0.4, -0.2) is 41.5 Å². The fourth-order valence-electron chi connectivity index (χ4n) is 2.60. The summed E-state index contributed by atoms with van der Waals surface area (Å²) in [5.74, 6) is -0.492. The second-order valence-corrected chi connectivity index (χ2v) is 4.98. The quantitative estimate of drug-likeness (QED) is 0.795. The molecule has 0 spiro atoms. The Hall–Kier alpha value is -1.91. The van der Waals surface area contributed by atoms with E-state index in [2.05, 4.69) is 16.6 Å². The van der Waals surface area contributed by atoms with Crippen molar-refractivity contribution in [3.8, 4) is 0 Å². The summed E-state index contributed by atoms with van der Waals surface area (Å²) in [7, 11) is 1.32. The highest BCUT2D eigenvalue weighted by Gasteiger charge is 2.26. The fraction of sp³-hybridized carbons (Fsp3) is 0.533. The van der Waals surface area contributed by atoms with Gasteiger partial charge in [-0.05, 0) is 37.8 Å². The number of aromatic nitrogens is 1. The van der Waals surface area contributed by atoms with E-state index in [9.17, 15) is 9.59 Å². The van der Waals surface area contributed by atoms with Crippen LogP contribution in [0.1, 0.15) is 53.5 Å². The van der Waals surface area contributed by atoms with Crippen LogP contribution in [0.15, 0.2) is 18.3 Å². The van der Waals surface area contributed by atoms with Crippen LogP contribution in [0.25, 0.3) is 0 Å². The Morgan fingerprint density at radius 2 is 2.20 bits per heavy atom. The van der Waals surface area contributed by atoms with E-state index in [1.54, 1.807) is 12.1 Å². The lowest BCUT2D eigenvalue weighted by molar-refractivity contribution is 0.0586. The molecule has 1 aliphatic rings. The lowest BCUT2D eigenvalue weighted by Crippen LogP contribution is -2.43. The van der Waals surface area contributed by atoms with Crippen molar-refractivity contribution >= 4 is 11.9 Å². The minimum atomic E-state index is -0.444. The number of ether oxygens (including phenoxy) is 1. The molecule has 1 aromatic rings. The Morgan fingerprint density at radius 3 is 2.80 bits per heavy atom. The van der Waals surface area contributed by atoms with Gasteiger partial charge in [-0.15, -0.1) is 0 Å². The number of rotatable bonds is 3. The molecular formula is C15H20N2O3. The average molecular weight is 276 g/mol. The molecule has 0 saturated carbocycles. The van der Waals surface area contributed by atoms with Gasteiger partial charge in [0.25, 0.3) is 5.91 Å². The summed E-state index contributed by atoms with van der Waals surface area (Å²) >= 11 is 0. The highest BCUT2D eigenvalue weighted by Crippen LogP contribution is 2.21. The van der Waals surface area contributed by atoms with Crippen LogP contribution >= 0.6 is 0 Å². The van der Waals surface area contributed by atoms with E-state index in [0.717, 1.165) is 25.8 Å². The molecule has 1 aliphatic heterocycles. The van der Waals surface area contributed by atoms with Gasteiger partial charge < -0.3 is 9.64 Å². The molecule has 0 aromatic carbocycles. The number of piperidine rings is 1. The van der Waals surface area contributed by atoms with Gasteiger partial charge >= 0.3 is 5.97 Å². The summed E-state index contributed by atoms with van der Waals surface area (Å²) in [4.78, 5) is 29.8. The minimum Gasteiger partial charge on any atom is -0.465 e. The molecule has 1 saturated heterocycles. The van der Waals surface area contributed by atoms with E-state index < -0.39 is 5.97 Å². The van der Waals surface area contributed by atoms with Gasteiger partial charge in [0.05, 0.1) is 12.7 Å². The van der Waals surface area contributed by atoms with Crippen molar-refractivity contribution in [3.63, 3.8) is 0 Å². The van der Waals surface area contributed by atoms with E-state index in [4.69, 9.17) is 0 Å². The summed E-state index contributed by atoms with van der Waals surface area (Å²) in [6, 6.07) is 3.48. The minimum absolute atomic E-state index is 0.0482. The average Bonchev–Trinajstić information content (AvgIpc) is 2.53. The van der Waals surface area contributed by atoms with Gasteiger partial charge in [-0.2, -0.15) is 0 Å². The number of carbonyl (C=O) groups excluding carboxylic acids is 2. The molecule has 5 nitrogen and oxygen atoms in total. The normalized spacial score (nSPS) is 18.7. The van der Waals surface area contributed by atoms with E-state index in [1.165, 1.54) is 19.7 Å². The fourth-order valence-corrected chi connectivity index (χ4v) is 2.60. The largest absolute Gasteiger partial charge is 0.465 e. The zero-order valence-corrected chi connectivity index (χ0v) is 12.0. The Labute approximate surface area is 118 Å². The molecule has 1 atom stereocenters. The molecule has 2 rings (SSSR count). The SMILES string of the molecule is CCC1CCCCN1C(=O)c1ccc(C(=O)OC)cn1. The third-order valence-corrected chi connectivity index (χ3v) is 3.76. The molecule has 0 aliphatic carbocycles. The van der Waals surface area contributed by atoms with Gasteiger partial charge in [0.2, 0.25) is 0 Å². The predicted octanol–water partition coefficient (Wildman–Crippen LogP) is 2.27. The maximum absolute atomic E-state index is 12.5. The van der Waals surface area contributed by atoms with Crippen molar-refractivity contribution < 1.29 is 14.3 Å². The van der Waals surface area contributed by atoms with Crippen LogP contribution < -0.4 is 0 Å². The number of pyridine rings is 1. The molecule has 20 heavy (non-hydrogen) atoms. The van der Waals surface area contributed by atoms with Gasteiger partial charge in [-0.25, -0.2) is 4.79 Å². The molecule has 1 unspecified atom stereocenters. The third kappa shape index (κ3) is 2.98. The number of hydrogen-bond acceptors (Lipinski definition) is 4. The number of carbonyl (C=O) groups is 2. The first-order valence-corrected chi connectivity index (χ1v) is 7.02. The van der Waals surface area contributed by atoms with Crippen molar-refractivity contribution in [2.24, 2.45) is 0 Å². The maximum Gasteiger partial charge on any atom is 0.339 e. The Kier molecular flexibility index (Phi) is 4.71. The first-order chi connectivity index (χ1) is 9.67. The molecule has 0 radical (unpaired) electrons. The van der Waals surface area contributed by atoms with Crippen LogP contribution in [0, 0.1) is 0 Å². The van der Waals surface area contributed by atoms with E-state index >= 15 is 0 Å². The number of amides is 1. The number of hydrogen-bond donors (Lipinski definition) is 0. The summed E-state index contributed by atoms with van der Waals surface area (Å²) in [5, 5.41) is 0. The van der Waals surface area contributed by atoms with Crippen molar-refractivity contribution in [3.05, 3.63) is 29.6 Å². The van der Waals surface area contributed by atoms with Crippen LogP contribution in [0.4, 0.5) is 0 Å². The molecule has 1 amide bonds. The molecule has 2 heterocycles. The first kappa shape index (κ1) is 14.5. The van der Waals surface area contributed by atoms with Gasteiger partial charge in [-0.3, -0.25) is 9.78 Å². The standard InChI is InChI=1S/C15H20N2O3/c1-3-12-6-4-5-9-17(12)14(18)13-8-7-11(10-16-13)15(19)20-2/h7-8,10,12H,3-6,9H2,1-2H3. The van der Waals surface area contributed by atoms with Crippen LogP contribution in [0.2, 0.25) is 0 Å². The van der Waals surface area contributed by atoms with E-state index in [0.29, 0.717) is 17.3 Å². The number of esters is 1. The highest BCUT2D eigenvalue weighted by molar-refractivity contribution is 5.94. The zero-order chi connectivity index (χ0) is 14.5. The summed E-state index contributed by atoms with van der Waals surface area (Å²) < 4.78 is 4.61. The number of methoxy groups -OCH3 is 1. The number of likely N-dealkylation sites (tertiary alicyclic amines) is 1. The molecule has 108 valence electrons. The summed E-state index contributed by atoms with van der Waals surface area (Å²) in [5.41, 5.74) is 0.743. The Balaban J connectivity index is 2.14. The second kappa shape index (κ2) is 6.50. The smallest absolute Gasteiger partial charge is 0.339 e. The van der Waals surface area contributed by atoms with Crippen molar-refractivity contribution in [1.82, 2.24) is 9.88 Å². The number of nitrogens with zero attached hydrogens (tertiary/aromatic N) is 2. The molecule has 0 bridgehead atoms. The topological polar surface area (TPSA) is 59.5 Å². The van der Waals surface area contributed by atoms with Crippen LogP contribution in [-0.2, 0) is 4.74 Å². The Bertz CT molecular complexity index is 484. The van der Waals surface area contributed by atoms with Gasteiger partial charge in [0, 0.05) is 18.8 Å². The van der Waals surface area contributed by atoms with Crippen molar-refractivity contribution in [2.75, 3.05) is 13.7 Å². The highest BCUT2D eigenvalue weighted by atomic mass is 16.5. The predicted molar refractivity (Wildman–Crippen MR) is 74.5 cm³/mol.